The zero-order valence-electron chi connectivity index (χ0n) is 17.2. The number of hydrogen-bond acceptors (Lipinski definition) is 3. The summed E-state index contributed by atoms with van der Waals surface area (Å²) in [7, 11) is 0. The number of aryl methyl sites for hydroxylation is 2. The lowest BCUT2D eigenvalue weighted by molar-refractivity contribution is 0.204. The van der Waals surface area contributed by atoms with Gasteiger partial charge in [-0.05, 0) is 61.9 Å². The molecule has 29 heavy (non-hydrogen) atoms. The predicted molar refractivity (Wildman–Crippen MR) is 121 cm³/mol. The highest BCUT2D eigenvalue weighted by Crippen LogP contribution is 2.17. The molecule has 2 aromatic carbocycles. The van der Waals surface area contributed by atoms with E-state index in [0.29, 0.717) is 0 Å². The molecule has 1 aliphatic heterocycles. The molecule has 158 valence electrons. The van der Waals surface area contributed by atoms with Crippen LogP contribution in [0.5, 0.6) is 5.75 Å². The van der Waals surface area contributed by atoms with Gasteiger partial charge in [0.25, 0.3) is 0 Å². The third kappa shape index (κ3) is 7.59. The van der Waals surface area contributed by atoms with Gasteiger partial charge in [0.15, 0.2) is 0 Å². The highest BCUT2D eigenvalue weighted by molar-refractivity contribution is 5.89. The number of ether oxygens (including phenoxy) is 1. The summed E-state index contributed by atoms with van der Waals surface area (Å²) in [6.45, 7) is 6.09. The van der Waals surface area contributed by atoms with E-state index in [1.54, 1.807) is 0 Å². The molecule has 0 radical (unpaired) electrons. The average Bonchev–Trinajstić information content (AvgIpc) is 2.73. The minimum Gasteiger partial charge on any atom is -0.493 e. The molecule has 0 saturated carbocycles. The number of rotatable bonds is 8. The molecule has 2 N–H and O–H groups in total. The number of benzene rings is 2. The van der Waals surface area contributed by atoms with Crippen molar-refractivity contribution < 1.29 is 9.53 Å². The van der Waals surface area contributed by atoms with Gasteiger partial charge in [-0.3, -0.25) is 0 Å². The van der Waals surface area contributed by atoms with Crippen LogP contribution in [0.2, 0.25) is 0 Å². The number of unbranched alkanes of at least 4 members (excludes halogenated alkanes) is 2. The monoisotopic (exact) mass is 417 g/mol. The summed E-state index contributed by atoms with van der Waals surface area (Å²) in [5.74, 6) is 0.987. The van der Waals surface area contributed by atoms with E-state index in [0.717, 1.165) is 69.9 Å². The molecular weight excluding hydrogens is 386 g/mol. The van der Waals surface area contributed by atoms with Crippen molar-refractivity contribution in [2.24, 2.45) is 0 Å². The fraction of sp³-hybridized carbons (Fsp3) is 0.435. The van der Waals surface area contributed by atoms with E-state index in [-0.39, 0.29) is 18.4 Å². The summed E-state index contributed by atoms with van der Waals surface area (Å²) in [4.78, 5) is 14.1. The summed E-state index contributed by atoms with van der Waals surface area (Å²) in [5, 5.41) is 6.24. The second-order valence-corrected chi connectivity index (χ2v) is 7.29. The van der Waals surface area contributed by atoms with Gasteiger partial charge in [0.2, 0.25) is 0 Å². The molecule has 1 heterocycles. The van der Waals surface area contributed by atoms with Gasteiger partial charge in [0, 0.05) is 31.9 Å². The van der Waals surface area contributed by atoms with Crippen LogP contribution < -0.4 is 15.4 Å². The molecule has 1 aliphatic rings. The van der Waals surface area contributed by atoms with E-state index in [2.05, 4.69) is 35.8 Å². The largest absolute Gasteiger partial charge is 0.493 e. The van der Waals surface area contributed by atoms with Crippen molar-refractivity contribution in [1.29, 1.82) is 0 Å². The van der Waals surface area contributed by atoms with E-state index >= 15 is 0 Å². The number of carbonyl (C=O) groups excluding carboxylic acids is 1. The first-order valence-electron chi connectivity index (χ1n) is 10.3. The molecule has 6 heteroatoms. The maximum Gasteiger partial charge on any atom is 0.321 e. The zero-order chi connectivity index (χ0) is 19.6. The van der Waals surface area contributed by atoms with Crippen molar-refractivity contribution >= 4 is 24.1 Å². The number of para-hydroxylation sites is 1. The van der Waals surface area contributed by atoms with Crippen molar-refractivity contribution in [3.63, 3.8) is 0 Å². The lowest BCUT2D eigenvalue weighted by atomic mass is 10.1. The Kier molecular flexibility index (Phi) is 9.81. The molecule has 0 aliphatic carbocycles. The highest BCUT2D eigenvalue weighted by Gasteiger charge is 2.15. The van der Waals surface area contributed by atoms with E-state index in [1.807, 2.05) is 35.2 Å². The molecule has 1 fully saturated rings. The molecule has 2 amide bonds. The van der Waals surface area contributed by atoms with Gasteiger partial charge in [-0.2, -0.15) is 0 Å². The Hall–Kier alpha value is -2.24. The number of urea groups is 1. The SMILES string of the molecule is Cc1ccccc1OCCCCCc1ccc(NC(=O)N2CCNCC2)cc1.Cl. The summed E-state index contributed by atoms with van der Waals surface area (Å²) >= 11 is 0. The number of amides is 2. The number of carbonyl (C=O) groups is 1. The molecule has 1 saturated heterocycles. The van der Waals surface area contributed by atoms with E-state index in [9.17, 15) is 4.79 Å². The third-order valence-corrected chi connectivity index (χ3v) is 5.07. The minimum atomic E-state index is -0.0112. The molecular formula is C23H32ClN3O2. The number of nitrogens with zero attached hydrogens (tertiary/aromatic N) is 1. The topological polar surface area (TPSA) is 53.6 Å². The maximum absolute atomic E-state index is 12.2. The molecule has 3 rings (SSSR count). The standard InChI is InChI=1S/C23H31N3O2.ClH/c1-19-7-4-5-9-22(19)28-18-6-2-3-8-20-10-12-21(13-11-20)25-23(27)26-16-14-24-15-17-26;/h4-5,7,9-13,24H,2-3,6,8,14-18H2,1H3,(H,25,27);1H. The Balaban J connectivity index is 0.00000300. The first kappa shape index (κ1) is 23.0. The molecule has 5 nitrogen and oxygen atoms in total. The van der Waals surface area contributed by atoms with E-state index in [1.165, 1.54) is 11.1 Å². The number of nitrogens with one attached hydrogen (secondary N) is 2. The van der Waals surface area contributed by atoms with Gasteiger partial charge in [0.1, 0.15) is 5.75 Å². The van der Waals surface area contributed by atoms with Crippen molar-refractivity contribution in [3.8, 4) is 5.75 Å². The first-order valence-corrected chi connectivity index (χ1v) is 10.3. The molecule has 2 aromatic rings. The van der Waals surface area contributed by atoms with E-state index < -0.39 is 0 Å². The first-order chi connectivity index (χ1) is 13.7. The fourth-order valence-corrected chi connectivity index (χ4v) is 3.33. The van der Waals surface area contributed by atoms with Crippen molar-refractivity contribution in [1.82, 2.24) is 10.2 Å². The summed E-state index contributed by atoms with van der Waals surface area (Å²) in [6.07, 6.45) is 4.40. The van der Waals surface area contributed by atoms with Crippen LogP contribution in [0.4, 0.5) is 10.5 Å². The van der Waals surface area contributed by atoms with Crippen LogP contribution in [0.3, 0.4) is 0 Å². The number of anilines is 1. The molecule has 0 spiro atoms. The van der Waals surface area contributed by atoms with Crippen LogP contribution >= 0.6 is 12.4 Å². The van der Waals surface area contributed by atoms with Crippen LogP contribution in [0, 0.1) is 6.92 Å². The molecule has 0 bridgehead atoms. The lowest BCUT2D eigenvalue weighted by Gasteiger charge is -2.27. The van der Waals surface area contributed by atoms with Crippen LogP contribution in [-0.4, -0.2) is 43.7 Å². The van der Waals surface area contributed by atoms with Gasteiger partial charge >= 0.3 is 6.03 Å². The molecule has 0 unspecified atom stereocenters. The van der Waals surface area contributed by atoms with Gasteiger partial charge in [-0.25, -0.2) is 4.79 Å². The summed E-state index contributed by atoms with van der Waals surface area (Å²) in [5.41, 5.74) is 3.35. The van der Waals surface area contributed by atoms with Gasteiger partial charge in [-0.1, -0.05) is 30.3 Å². The number of halogens is 1. The summed E-state index contributed by atoms with van der Waals surface area (Å²) < 4.78 is 5.84. The minimum absolute atomic E-state index is 0. The Labute approximate surface area is 180 Å². The van der Waals surface area contributed by atoms with Crippen LogP contribution in [0.25, 0.3) is 0 Å². The normalized spacial score (nSPS) is 13.5. The van der Waals surface area contributed by atoms with Crippen LogP contribution in [0.1, 0.15) is 30.4 Å². The van der Waals surface area contributed by atoms with Gasteiger partial charge in [-0.15, -0.1) is 12.4 Å². The number of piperazine rings is 1. The van der Waals surface area contributed by atoms with Crippen molar-refractivity contribution in [2.45, 2.75) is 32.6 Å². The smallest absolute Gasteiger partial charge is 0.321 e. The average molecular weight is 418 g/mol. The van der Waals surface area contributed by atoms with Gasteiger partial charge < -0.3 is 20.3 Å². The Bertz CT molecular complexity index is 746. The molecule has 0 atom stereocenters. The van der Waals surface area contributed by atoms with Crippen LogP contribution in [0.15, 0.2) is 48.5 Å². The number of hydrogen-bond donors (Lipinski definition) is 2. The zero-order valence-corrected chi connectivity index (χ0v) is 18.0. The Morgan fingerprint density at radius 2 is 1.76 bits per heavy atom. The second-order valence-electron chi connectivity index (χ2n) is 7.29. The summed E-state index contributed by atoms with van der Waals surface area (Å²) in [6, 6.07) is 16.3. The molecule has 0 aromatic heterocycles. The second kappa shape index (κ2) is 12.3. The van der Waals surface area contributed by atoms with Gasteiger partial charge in [0.05, 0.1) is 6.61 Å². The van der Waals surface area contributed by atoms with Crippen molar-refractivity contribution in [3.05, 3.63) is 59.7 Å². The van der Waals surface area contributed by atoms with E-state index in [4.69, 9.17) is 4.74 Å². The third-order valence-electron chi connectivity index (χ3n) is 5.07. The predicted octanol–water partition coefficient (Wildman–Crippen LogP) is 4.65. The fourth-order valence-electron chi connectivity index (χ4n) is 3.33. The highest BCUT2D eigenvalue weighted by atomic mass is 35.5. The van der Waals surface area contributed by atoms with Crippen LogP contribution in [-0.2, 0) is 6.42 Å². The lowest BCUT2D eigenvalue weighted by Crippen LogP contribution is -2.48. The maximum atomic E-state index is 12.2. The van der Waals surface area contributed by atoms with Crippen molar-refractivity contribution in [2.75, 3.05) is 38.1 Å². The quantitative estimate of drug-likeness (QED) is 0.615. The Morgan fingerprint density at radius 3 is 2.48 bits per heavy atom. The Morgan fingerprint density at radius 1 is 1.03 bits per heavy atom.